The molecule has 0 radical (unpaired) electrons. The molecule has 0 saturated carbocycles. The minimum atomic E-state index is -0.400. The first kappa shape index (κ1) is 17.9. The number of esters is 1. The Kier molecular flexibility index (Phi) is 4.79. The Balaban J connectivity index is 1.99. The first-order valence-corrected chi connectivity index (χ1v) is 9.67. The molecule has 1 aromatic heterocycles. The van der Waals surface area contributed by atoms with E-state index in [1.807, 2.05) is 24.3 Å². The molecule has 1 aliphatic heterocycles. The van der Waals surface area contributed by atoms with Crippen molar-refractivity contribution in [1.29, 1.82) is 0 Å². The van der Waals surface area contributed by atoms with Gasteiger partial charge >= 0.3 is 5.97 Å². The lowest BCUT2D eigenvalue weighted by Gasteiger charge is -2.27. The molecule has 0 bridgehead atoms. The lowest BCUT2D eigenvalue weighted by Crippen LogP contribution is -2.29. The molecule has 3 aromatic rings. The predicted molar refractivity (Wildman–Crippen MR) is 105 cm³/mol. The zero-order chi connectivity index (χ0) is 19.0. The van der Waals surface area contributed by atoms with Gasteiger partial charge in [-0.3, -0.25) is 4.90 Å². The summed E-state index contributed by atoms with van der Waals surface area (Å²) in [4.78, 5) is 15.0. The molecular formula is C22H25NO4. The third kappa shape index (κ3) is 3.06. The van der Waals surface area contributed by atoms with Crippen LogP contribution >= 0.6 is 0 Å². The molecule has 2 aromatic carbocycles. The van der Waals surface area contributed by atoms with Gasteiger partial charge < -0.3 is 14.3 Å². The van der Waals surface area contributed by atoms with Gasteiger partial charge in [-0.25, -0.2) is 4.79 Å². The quantitative estimate of drug-likeness (QED) is 0.674. The van der Waals surface area contributed by atoms with Crippen LogP contribution in [0.3, 0.4) is 0 Å². The first-order chi connectivity index (χ1) is 13.1. The van der Waals surface area contributed by atoms with Crippen LogP contribution in [-0.4, -0.2) is 35.7 Å². The highest BCUT2D eigenvalue weighted by Crippen LogP contribution is 2.42. The molecule has 1 aliphatic rings. The number of carbonyl (C=O) groups excluding carboxylic acids is 1. The highest BCUT2D eigenvalue weighted by Gasteiger charge is 2.27. The van der Waals surface area contributed by atoms with Gasteiger partial charge in [-0.05, 0) is 39.8 Å². The summed E-state index contributed by atoms with van der Waals surface area (Å²) in [5.41, 5.74) is 1.83. The van der Waals surface area contributed by atoms with Crippen molar-refractivity contribution in [1.82, 2.24) is 4.90 Å². The van der Waals surface area contributed by atoms with Crippen molar-refractivity contribution in [3.05, 3.63) is 41.2 Å². The third-order valence-corrected chi connectivity index (χ3v) is 5.41. The van der Waals surface area contributed by atoms with Gasteiger partial charge in [0, 0.05) is 28.3 Å². The van der Waals surface area contributed by atoms with Crippen molar-refractivity contribution >= 4 is 27.7 Å². The normalized spacial score (nSPS) is 15.5. The molecule has 0 spiro atoms. The van der Waals surface area contributed by atoms with Gasteiger partial charge in [-0.15, -0.1) is 0 Å². The van der Waals surface area contributed by atoms with Gasteiger partial charge in [0.2, 0.25) is 0 Å². The molecule has 5 heteroatoms. The molecule has 5 nitrogen and oxygen atoms in total. The van der Waals surface area contributed by atoms with Crippen LogP contribution in [0.2, 0.25) is 0 Å². The molecule has 1 N–H and O–H groups in total. The third-order valence-electron chi connectivity index (χ3n) is 5.41. The molecule has 27 heavy (non-hydrogen) atoms. The zero-order valence-corrected chi connectivity index (χ0v) is 15.9. The average Bonchev–Trinajstić information content (AvgIpc) is 3.03. The summed E-state index contributed by atoms with van der Waals surface area (Å²) in [5, 5.41) is 13.4. The van der Waals surface area contributed by atoms with Crippen molar-refractivity contribution in [3.8, 4) is 5.75 Å². The Morgan fingerprint density at radius 3 is 2.59 bits per heavy atom. The summed E-state index contributed by atoms with van der Waals surface area (Å²) in [6.45, 7) is 6.46. The van der Waals surface area contributed by atoms with Crippen LogP contribution in [0.1, 0.15) is 47.9 Å². The standard InChI is InChI=1S/C22H25NO4/c1-3-26-22(25)18-14(2)27-21-16-10-6-5-9-15(16)20(24)17(19(18)21)13-23-11-7-4-8-12-23/h5-6,9-10,24H,3-4,7-8,11-13H2,1-2H3. The maximum absolute atomic E-state index is 12.7. The number of furan rings is 1. The molecule has 0 amide bonds. The van der Waals surface area contributed by atoms with Gasteiger partial charge in [0.25, 0.3) is 0 Å². The highest BCUT2D eigenvalue weighted by molar-refractivity contribution is 6.16. The number of likely N-dealkylation sites (tertiary alicyclic amines) is 1. The van der Waals surface area contributed by atoms with Crippen LogP contribution in [0.25, 0.3) is 21.7 Å². The van der Waals surface area contributed by atoms with Gasteiger partial charge in [-0.2, -0.15) is 0 Å². The number of ether oxygens (including phenoxy) is 1. The smallest absolute Gasteiger partial charge is 0.342 e. The lowest BCUT2D eigenvalue weighted by molar-refractivity contribution is 0.0526. The number of rotatable bonds is 4. The SMILES string of the molecule is CCOC(=O)c1c(C)oc2c1c(CN1CCCCC1)c(O)c1ccccc12. The summed E-state index contributed by atoms with van der Waals surface area (Å²) in [5.74, 6) is 0.359. The van der Waals surface area contributed by atoms with Gasteiger partial charge in [0.1, 0.15) is 22.7 Å². The number of aromatic hydroxyl groups is 1. The Morgan fingerprint density at radius 1 is 1.19 bits per heavy atom. The number of phenols is 1. The van der Waals surface area contributed by atoms with Crippen LogP contribution < -0.4 is 0 Å². The second-order valence-electron chi connectivity index (χ2n) is 7.17. The van der Waals surface area contributed by atoms with Crippen LogP contribution in [0.5, 0.6) is 5.75 Å². The predicted octanol–water partition coefficient (Wildman–Crippen LogP) is 4.76. The van der Waals surface area contributed by atoms with Crippen molar-refractivity contribution < 1.29 is 19.1 Å². The van der Waals surface area contributed by atoms with E-state index in [4.69, 9.17) is 9.15 Å². The van der Waals surface area contributed by atoms with E-state index in [-0.39, 0.29) is 5.75 Å². The van der Waals surface area contributed by atoms with E-state index in [1.54, 1.807) is 13.8 Å². The largest absolute Gasteiger partial charge is 0.507 e. The van der Waals surface area contributed by atoms with Crippen LogP contribution in [0, 0.1) is 6.92 Å². The van der Waals surface area contributed by atoms with E-state index in [0.717, 1.165) is 42.3 Å². The molecular weight excluding hydrogens is 342 g/mol. The maximum Gasteiger partial charge on any atom is 0.342 e. The minimum Gasteiger partial charge on any atom is -0.507 e. The molecule has 0 aliphatic carbocycles. The number of nitrogens with zero attached hydrogens (tertiary/aromatic N) is 1. The first-order valence-electron chi connectivity index (χ1n) is 9.67. The van der Waals surface area contributed by atoms with Gasteiger partial charge in [0.05, 0.1) is 6.61 Å². The van der Waals surface area contributed by atoms with Crippen molar-refractivity contribution in [3.63, 3.8) is 0 Å². The summed E-state index contributed by atoms with van der Waals surface area (Å²) in [6.07, 6.45) is 3.56. The Morgan fingerprint density at radius 2 is 1.89 bits per heavy atom. The molecule has 142 valence electrons. The molecule has 1 fully saturated rings. The average molecular weight is 367 g/mol. The maximum atomic E-state index is 12.7. The topological polar surface area (TPSA) is 62.9 Å². The van der Waals surface area contributed by atoms with E-state index in [1.165, 1.54) is 6.42 Å². The molecule has 1 saturated heterocycles. The van der Waals surface area contributed by atoms with Crippen LogP contribution in [0.15, 0.2) is 28.7 Å². The van der Waals surface area contributed by atoms with E-state index < -0.39 is 5.97 Å². The Labute approximate surface area is 158 Å². The fraction of sp³-hybridized carbons (Fsp3) is 0.409. The van der Waals surface area contributed by atoms with E-state index in [2.05, 4.69) is 4.90 Å². The lowest BCUT2D eigenvalue weighted by atomic mass is 9.96. The van der Waals surface area contributed by atoms with E-state index in [0.29, 0.717) is 35.4 Å². The number of piperidine rings is 1. The molecule has 0 unspecified atom stereocenters. The Bertz CT molecular complexity index is 999. The number of fused-ring (bicyclic) bond motifs is 3. The van der Waals surface area contributed by atoms with Crippen molar-refractivity contribution in [2.75, 3.05) is 19.7 Å². The Hall–Kier alpha value is -2.53. The fourth-order valence-corrected chi connectivity index (χ4v) is 4.13. The molecule has 4 rings (SSSR count). The van der Waals surface area contributed by atoms with Gasteiger partial charge in [0.15, 0.2) is 0 Å². The molecule has 0 atom stereocenters. The number of hydrogen-bond acceptors (Lipinski definition) is 5. The van der Waals surface area contributed by atoms with Crippen LogP contribution in [0.4, 0.5) is 0 Å². The number of hydrogen-bond donors (Lipinski definition) is 1. The zero-order valence-electron chi connectivity index (χ0n) is 15.9. The van der Waals surface area contributed by atoms with E-state index >= 15 is 0 Å². The van der Waals surface area contributed by atoms with Gasteiger partial charge in [-0.1, -0.05) is 30.7 Å². The summed E-state index contributed by atoms with van der Waals surface area (Å²) < 4.78 is 11.3. The second-order valence-corrected chi connectivity index (χ2v) is 7.17. The fourth-order valence-electron chi connectivity index (χ4n) is 4.13. The minimum absolute atomic E-state index is 0.232. The molecule has 2 heterocycles. The summed E-state index contributed by atoms with van der Waals surface area (Å²) in [6, 6.07) is 7.62. The van der Waals surface area contributed by atoms with Crippen molar-refractivity contribution in [2.24, 2.45) is 0 Å². The number of aryl methyl sites for hydroxylation is 1. The van der Waals surface area contributed by atoms with E-state index in [9.17, 15) is 9.90 Å². The van der Waals surface area contributed by atoms with Crippen molar-refractivity contribution in [2.45, 2.75) is 39.7 Å². The monoisotopic (exact) mass is 367 g/mol. The summed E-state index contributed by atoms with van der Waals surface area (Å²) in [7, 11) is 0. The number of phenolic OH excluding ortho intramolecular Hbond substituents is 1. The second kappa shape index (κ2) is 7.24. The number of benzene rings is 2. The number of carbonyl (C=O) groups is 1. The van der Waals surface area contributed by atoms with Crippen LogP contribution in [-0.2, 0) is 11.3 Å². The highest BCUT2D eigenvalue weighted by atomic mass is 16.5. The summed E-state index contributed by atoms with van der Waals surface area (Å²) >= 11 is 0.